The van der Waals surface area contributed by atoms with Gasteiger partial charge in [-0.25, -0.2) is 0 Å². The highest BCUT2D eigenvalue weighted by molar-refractivity contribution is 6.32. The second-order valence-electron chi connectivity index (χ2n) is 5.74. The molecule has 0 saturated heterocycles. The largest absolute Gasteiger partial charge is 0.479 e. The Labute approximate surface area is 147 Å². The van der Waals surface area contributed by atoms with Crippen molar-refractivity contribution >= 4 is 17.5 Å². The zero-order valence-corrected chi connectivity index (χ0v) is 14.8. The molecule has 1 amide bonds. The Kier molecular flexibility index (Phi) is 6.23. The van der Waals surface area contributed by atoms with E-state index in [4.69, 9.17) is 16.3 Å². The number of hydrogen-bond acceptors (Lipinski definition) is 3. The van der Waals surface area contributed by atoms with E-state index < -0.39 is 18.2 Å². The van der Waals surface area contributed by atoms with Crippen LogP contribution in [0, 0.1) is 0 Å². The van der Waals surface area contributed by atoms with Crippen molar-refractivity contribution in [1.82, 2.24) is 4.90 Å². The smallest absolute Gasteiger partial charge is 0.263 e. The van der Waals surface area contributed by atoms with Gasteiger partial charge in [0.15, 0.2) is 6.10 Å². The number of amides is 1. The van der Waals surface area contributed by atoms with Gasteiger partial charge in [-0.3, -0.25) is 4.79 Å². The summed E-state index contributed by atoms with van der Waals surface area (Å²) in [6, 6.07) is 15.9. The lowest BCUT2D eigenvalue weighted by molar-refractivity contribution is -0.140. The number of ether oxygens (including phenoxy) is 1. The first-order chi connectivity index (χ1) is 11.4. The molecule has 0 aliphatic rings. The first kappa shape index (κ1) is 18.3. The summed E-state index contributed by atoms with van der Waals surface area (Å²) in [6.45, 7) is 3.47. The van der Waals surface area contributed by atoms with Gasteiger partial charge < -0.3 is 14.7 Å². The predicted octanol–water partition coefficient (Wildman–Crippen LogP) is 3.69. The highest BCUT2D eigenvalue weighted by atomic mass is 35.5. The van der Waals surface area contributed by atoms with Crippen LogP contribution in [0.3, 0.4) is 0 Å². The minimum atomic E-state index is -0.771. The number of carbonyl (C=O) groups is 1. The molecule has 1 N–H and O–H groups in total. The van der Waals surface area contributed by atoms with Crippen LogP contribution >= 0.6 is 11.6 Å². The molecule has 2 aromatic carbocycles. The fourth-order valence-corrected chi connectivity index (χ4v) is 2.59. The Bertz CT molecular complexity index is 677. The molecule has 5 heteroatoms. The Morgan fingerprint density at radius 2 is 1.67 bits per heavy atom. The van der Waals surface area contributed by atoms with Crippen molar-refractivity contribution in [3.63, 3.8) is 0 Å². The lowest BCUT2D eigenvalue weighted by Gasteiger charge is -2.31. The summed E-state index contributed by atoms with van der Waals surface area (Å²) in [5.74, 6) is 0.238. The molecule has 2 aromatic rings. The number of likely N-dealkylation sites (N-methyl/N-ethyl adjacent to an activating group) is 1. The van der Waals surface area contributed by atoms with E-state index in [9.17, 15) is 9.90 Å². The third-order valence-electron chi connectivity index (χ3n) is 4.04. The summed E-state index contributed by atoms with van der Waals surface area (Å²) in [5, 5.41) is 10.9. The lowest BCUT2D eigenvalue weighted by Crippen LogP contribution is -2.45. The van der Waals surface area contributed by atoms with Crippen molar-refractivity contribution in [2.24, 2.45) is 0 Å². The first-order valence-corrected chi connectivity index (χ1v) is 8.20. The average molecular weight is 348 g/mol. The molecule has 0 aliphatic carbocycles. The zero-order chi connectivity index (χ0) is 17.7. The van der Waals surface area contributed by atoms with Gasteiger partial charge in [-0.05, 0) is 31.5 Å². The van der Waals surface area contributed by atoms with Crippen LogP contribution in [-0.2, 0) is 4.79 Å². The zero-order valence-electron chi connectivity index (χ0n) is 14.0. The number of rotatable bonds is 6. The minimum Gasteiger partial charge on any atom is -0.479 e. The minimum absolute atomic E-state index is 0.225. The van der Waals surface area contributed by atoms with E-state index in [1.807, 2.05) is 30.3 Å². The molecule has 0 fully saturated rings. The van der Waals surface area contributed by atoms with E-state index >= 15 is 0 Å². The second kappa shape index (κ2) is 8.18. The van der Waals surface area contributed by atoms with Gasteiger partial charge in [0, 0.05) is 7.05 Å². The first-order valence-electron chi connectivity index (χ1n) is 7.82. The van der Waals surface area contributed by atoms with E-state index in [-0.39, 0.29) is 5.91 Å². The van der Waals surface area contributed by atoms with E-state index in [1.165, 1.54) is 4.90 Å². The maximum Gasteiger partial charge on any atom is 0.263 e. The van der Waals surface area contributed by atoms with Crippen LogP contribution in [0.4, 0.5) is 0 Å². The predicted molar refractivity (Wildman–Crippen MR) is 95.2 cm³/mol. The van der Waals surface area contributed by atoms with Gasteiger partial charge in [-0.2, -0.15) is 0 Å². The van der Waals surface area contributed by atoms with Gasteiger partial charge in [0.05, 0.1) is 17.2 Å². The molecule has 4 nitrogen and oxygen atoms in total. The Hall–Kier alpha value is -2.04. The summed E-state index contributed by atoms with van der Waals surface area (Å²) in [6.07, 6.45) is -1.48. The summed E-state index contributed by atoms with van der Waals surface area (Å²) in [4.78, 5) is 14.1. The van der Waals surface area contributed by atoms with Crippen molar-refractivity contribution in [2.45, 2.75) is 32.1 Å². The standard InChI is InChI=1S/C19H22ClNO3/c1-13(18(22)15-9-5-4-6-10-15)21(3)19(23)14(2)24-17-12-8-7-11-16(17)20/h4-14,18,22H,1-3H3. The average Bonchev–Trinajstić information content (AvgIpc) is 2.61. The van der Waals surface area contributed by atoms with Crippen molar-refractivity contribution in [1.29, 1.82) is 0 Å². The molecule has 0 heterocycles. The summed E-state index contributed by atoms with van der Waals surface area (Å²) >= 11 is 6.06. The molecule has 0 bridgehead atoms. The topological polar surface area (TPSA) is 49.8 Å². The van der Waals surface area contributed by atoms with Gasteiger partial charge in [0.25, 0.3) is 5.91 Å². The highest BCUT2D eigenvalue weighted by Crippen LogP contribution is 2.25. The number of hydrogen-bond donors (Lipinski definition) is 1. The number of nitrogens with zero attached hydrogens (tertiary/aromatic N) is 1. The highest BCUT2D eigenvalue weighted by Gasteiger charge is 2.28. The van der Waals surface area contributed by atoms with E-state index in [1.54, 1.807) is 45.2 Å². The van der Waals surface area contributed by atoms with E-state index in [0.717, 1.165) is 5.56 Å². The summed E-state index contributed by atoms with van der Waals surface area (Å²) in [7, 11) is 1.66. The molecule has 2 rings (SSSR count). The van der Waals surface area contributed by atoms with Crippen molar-refractivity contribution in [2.75, 3.05) is 7.05 Å². The van der Waals surface area contributed by atoms with Crippen molar-refractivity contribution in [3.05, 3.63) is 65.2 Å². The third kappa shape index (κ3) is 4.28. The summed E-state index contributed by atoms with van der Waals surface area (Å²) in [5.41, 5.74) is 0.768. The molecular formula is C19H22ClNO3. The molecule has 128 valence electrons. The monoisotopic (exact) mass is 347 g/mol. The van der Waals surface area contributed by atoms with Crippen LogP contribution in [0.2, 0.25) is 5.02 Å². The van der Waals surface area contributed by atoms with Crippen LogP contribution in [0.1, 0.15) is 25.5 Å². The lowest BCUT2D eigenvalue weighted by atomic mass is 10.0. The quantitative estimate of drug-likeness (QED) is 0.867. The Morgan fingerprint density at radius 1 is 1.08 bits per heavy atom. The van der Waals surface area contributed by atoms with Crippen LogP contribution in [0.5, 0.6) is 5.75 Å². The second-order valence-corrected chi connectivity index (χ2v) is 6.14. The van der Waals surface area contributed by atoms with E-state index in [2.05, 4.69) is 0 Å². The van der Waals surface area contributed by atoms with Crippen LogP contribution in [-0.4, -0.2) is 35.1 Å². The Balaban J connectivity index is 2.04. The van der Waals surface area contributed by atoms with E-state index in [0.29, 0.717) is 10.8 Å². The van der Waals surface area contributed by atoms with Gasteiger partial charge in [0.2, 0.25) is 0 Å². The normalized spacial score (nSPS) is 14.5. The third-order valence-corrected chi connectivity index (χ3v) is 4.36. The molecule has 0 aliphatic heterocycles. The number of aliphatic hydroxyl groups excluding tert-OH is 1. The molecule has 3 atom stereocenters. The SMILES string of the molecule is CC(Oc1ccccc1Cl)C(=O)N(C)C(C)C(O)c1ccccc1. The molecule has 3 unspecified atom stereocenters. The van der Waals surface area contributed by atoms with Crippen LogP contribution < -0.4 is 4.74 Å². The Morgan fingerprint density at radius 3 is 2.29 bits per heavy atom. The van der Waals surface area contributed by atoms with Gasteiger partial charge in [-0.15, -0.1) is 0 Å². The van der Waals surface area contributed by atoms with Crippen molar-refractivity contribution in [3.8, 4) is 5.75 Å². The number of benzene rings is 2. The van der Waals surface area contributed by atoms with Gasteiger partial charge in [0.1, 0.15) is 5.75 Å². The molecule has 0 radical (unpaired) electrons. The maximum atomic E-state index is 12.6. The molecule has 0 saturated carbocycles. The number of carbonyl (C=O) groups excluding carboxylic acids is 1. The molecular weight excluding hydrogens is 326 g/mol. The fraction of sp³-hybridized carbons (Fsp3) is 0.316. The van der Waals surface area contributed by atoms with Crippen LogP contribution in [0.25, 0.3) is 0 Å². The molecule has 0 aromatic heterocycles. The number of para-hydroxylation sites is 1. The van der Waals surface area contributed by atoms with Gasteiger partial charge in [-0.1, -0.05) is 54.1 Å². The number of halogens is 1. The summed E-state index contributed by atoms with van der Waals surface area (Å²) < 4.78 is 5.66. The van der Waals surface area contributed by atoms with Crippen molar-refractivity contribution < 1.29 is 14.6 Å². The van der Waals surface area contributed by atoms with Gasteiger partial charge >= 0.3 is 0 Å². The van der Waals surface area contributed by atoms with Crippen LogP contribution in [0.15, 0.2) is 54.6 Å². The maximum absolute atomic E-state index is 12.6. The molecule has 24 heavy (non-hydrogen) atoms. The molecule has 0 spiro atoms. The number of aliphatic hydroxyl groups is 1. The fourth-order valence-electron chi connectivity index (χ4n) is 2.41.